The van der Waals surface area contributed by atoms with Crippen molar-refractivity contribution >= 4 is 40.1 Å². The summed E-state index contributed by atoms with van der Waals surface area (Å²) in [5, 5.41) is 2.11. The average Bonchev–Trinajstić information content (AvgIpc) is 2.83. The quantitative estimate of drug-likeness (QED) is 0.791. The number of hydrogen-bond acceptors (Lipinski definition) is 4. The van der Waals surface area contributed by atoms with E-state index in [0.29, 0.717) is 22.5 Å². The van der Waals surface area contributed by atoms with Gasteiger partial charge in [-0.1, -0.05) is 59.8 Å². The van der Waals surface area contributed by atoms with E-state index in [1.165, 1.54) is 16.8 Å². The third-order valence-corrected chi connectivity index (χ3v) is 4.85. The first kappa shape index (κ1) is 17.0. The second-order valence-electron chi connectivity index (χ2n) is 5.50. The van der Waals surface area contributed by atoms with Gasteiger partial charge in [-0.15, -0.1) is 0 Å². The Balaban J connectivity index is 1.82. The molecule has 1 heterocycles. The minimum absolute atomic E-state index is 0.113. The highest BCUT2D eigenvalue weighted by atomic mass is 35.5. The van der Waals surface area contributed by atoms with E-state index in [1.54, 1.807) is 0 Å². The highest BCUT2D eigenvalue weighted by Gasteiger charge is 2.36. The van der Waals surface area contributed by atoms with E-state index in [0.717, 1.165) is 11.1 Å². The Morgan fingerprint density at radius 1 is 1.25 bits per heavy atom. The molecule has 3 rings (SSSR count). The highest BCUT2D eigenvalue weighted by Crippen LogP contribution is 2.33. The summed E-state index contributed by atoms with van der Waals surface area (Å²) in [6.45, 7) is 4.11. The second-order valence-corrected chi connectivity index (χ2v) is 7.22. The van der Waals surface area contributed by atoms with E-state index < -0.39 is 0 Å². The smallest absolute Gasteiger partial charge is 0.266 e. The molecule has 4 nitrogen and oxygen atoms in total. The molecule has 0 aliphatic carbocycles. The number of amidine groups is 1. The Morgan fingerprint density at radius 2 is 2.00 bits per heavy atom. The highest BCUT2D eigenvalue weighted by molar-refractivity contribution is 8.15. The van der Waals surface area contributed by atoms with Crippen molar-refractivity contribution in [3.63, 3.8) is 0 Å². The van der Waals surface area contributed by atoms with Gasteiger partial charge in [-0.2, -0.15) is 5.06 Å². The molecule has 2 aromatic rings. The number of benzene rings is 2. The number of hydroxylamine groups is 2. The molecule has 0 aromatic heterocycles. The molecule has 0 radical (unpaired) electrons. The van der Waals surface area contributed by atoms with Gasteiger partial charge in [-0.25, -0.2) is 4.99 Å². The molecule has 6 heteroatoms. The normalized spacial score (nSPS) is 19.3. The molecule has 0 spiro atoms. The average molecular weight is 361 g/mol. The first-order valence-electron chi connectivity index (χ1n) is 7.57. The zero-order chi connectivity index (χ0) is 17.1. The Morgan fingerprint density at radius 3 is 2.71 bits per heavy atom. The van der Waals surface area contributed by atoms with Crippen LogP contribution >= 0.6 is 23.4 Å². The maximum absolute atomic E-state index is 12.3. The zero-order valence-corrected chi connectivity index (χ0v) is 15.0. The van der Waals surface area contributed by atoms with Crippen molar-refractivity contribution in [2.45, 2.75) is 25.7 Å². The van der Waals surface area contributed by atoms with Gasteiger partial charge in [-0.05, 0) is 37.1 Å². The molecule has 0 saturated carbocycles. The minimum Gasteiger partial charge on any atom is -0.271 e. The number of amides is 1. The number of rotatable bonds is 4. The van der Waals surface area contributed by atoms with Crippen molar-refractivity contribution < 1.29 is 9.63 Å². The number of hydrogen-bond donors (Lipinski definition) is 0. The largest absolute Gasteiger partial charge is 0.271 e. The summed E-state index contributed by atoms with van der Waals surface area (Å²) in [6.07, 6.45) is 0. The van der Waals surface area contributed by atoms with Gasteiger partial charge in [0.05, 0.1) is 16.0 Å². The Kier molecular flexibility index (Phi) is 5.23. The first-order chi connectivity index (χ1) is 11.5. The van der Waals surface area contributed by atoms with Crippen LogP contribution in [0.15, 0.2) is 53.5 Å². The van der Waals surface area contributed by atoms with Crippen LogP contribution in [-0.2, 0) is 16.2 Å². The fourth-order valence-electron chi connectivity index (χ4n) is 2.23. The third-order valence-electron chi connectivity index (χ3n) is 3.53. The number of carbonyl (C=O) groups is 1. The van der Waals surface area contributed by atoms with E-state index in [4.69, 9.17) is 16.4 Å². The molecule has 1 saturated heterocycles. The van der Waals surface area contributed by atoms with E-state index >= 15 is 0 Å². The van der Waals surface area contributed by atoms with Crippen LogP contribution in [0.2, 0.25) is 5.02 Å². The van der Waals surface area contributed by atoms with Crippen molar-refractivity contribution in [2.75, 3.05) is 0 Å². The van der Waals surface area contributed by atoms with Crippen molar-refractivity contribution in [3.8, 4) is 0 Å². The number of thioether (sulfide) groups is 1. The summed E-state index contributed by atoms with van der Waals surface area (Å²) in [5.74, 6) is -0.113. The molecule has 124 valence electrons. The predicted octanol–water partition coefficient (Wildman–Crippen LogP) is 4.73. The second kappa shape index (κ2) is 7.38. The lowest BCUT2D eigenvalue weighted by atomic mass is 10.2. The zero-order valence-electron chi connectivity index (χ0n) is 13.4. The molecule has 24 heavy (non-hydrogen) atoms. The summed E-state index contributed by atoms with van der Waals surface area (Å²) in [7, 11) is 0. The van der Waals surface area contributed by atoms with Crippen LogP contribution in [0.4, 0.5) is 5.69 Å². The van der Waals surface area contributed by atoms with Crippen molar-refractivity contribution in [3.05, 3.63) is 64.7 Å². The van der Waals surface area contributed by atoms with Gasteiger partial charge >= 0.3 is 0 Å². The predicted molar refractivity (Wildman–Crippen MR) is 98.4 cm³/mol. The van der Waals surface area contributed by atoms with Gasteiger partial charge in [0, 0.05) is 0 Å². The Labute approximate surface area is 150 Å². The maximum Gasteiger partial charge on any atom is 0.266 e. The lowest BCUT2D eigenvalue weighted by Gasteiger charge is -2.16. The van der Waals surface area contributed by atoms with Gasteiger partial charge < -0.3 is 0 Å². The van der Waals surface area contributed by atoms with Crippen LogP contribution < -0.4 is 0 Å². The van der Waals surface area contributed by atoms with Crippen molar-refractivity contribution in [2.24, 2.45) is 4.99 Å². The van der Waals surface area contributed by atoms with Crippen LogP contribution in [-0.4, -0.2) is 21.4 Å². The van der Waals surface area contributed by atoms with Crippen LogP contribution in [0.1, 0.15) is 18.1 Å². The molecule has 0 N–H and O–H groups in total. The molecule has 1 unspecified atom stereocenters. The SMILES string of the molecule is Cc1ccc(N=C2SC(C)C(=O)N2OCc2ccccc2)c(Cl)c1. The van der Waals surface area contributed by atoms with Gasteiger partial charge in [0.1, 0.15) is 6.61 Å². The van der Waals surface area contributed by atoms with Gasteiger partial charge in [0.15, 0.2) is 5.17 Å². The van der Waals surface area contributed by atoms with Crippen molar-refractivity contribution in [1.82, 2.24) is 5.06 Å². The van der Waals surface area contributed by atoms with E-state index in [-0.39, 0.29) is 11.2 Å². The number of halogens is 1. The molecule has 1 aliphatic heterocycles. The van der Waals surface area contributed by atoms with Crippen LogP contribution in [0.5, 0.6) is 0 Å². The number of nitrogens with zero attached hydrogens (tertiary/aromatic N) is 2. The van der Waals surface area contributed by atoms with E-state index in [2.05, 4.69) is 4.99 Å². The minimum atomic E-state index is -0.233. The molecule has 1 aliphatic rings. The topological polar surface area (TPSA) is 41.9 Å². The lowest BCUT2D eigenvalue weighted by Crippen LogP contribution is -2.31. The molecule has 0 bridgehead atoms. The third kappa shape index (κ3) is 3.80. The monoisotopic (exact) mass is 360 g/mol. The van der Waals surface area contributed by atoms with Gasteiger partial charge in [0.2, 0.25) is 0 Å². The van der Waals surface area contributed by atoms with Crippen LogP contribution in [0, 0.1) is 6.92 Å². The van der Waals surface area contributed by atoms with Crippen LogP contribution in [0.25, 0.3) is 0 Å². The number of carbonyl (C=O) groups excluding carboxylic acids is 1. The first-order valence-corrected chi connectivity index (χ1v) is 8.82. The summed E-state index contributed by atoms with van der Waals surface area (Å²) in [6, 6.07) is 15.3. The Bertz CT molecular complexity index is 780. The summed E-state index contributed by atoms with van der Waals surface area (Å²) in [4.78, 5) is 22.6. The summed E-state index contributed by atoms with van der Waals surface area (Å²) >= 11 is 7.61. The molecular formula is C18H17ClN2O2S. The number of aliphatic imine (C=N–C) groups is 1. The molecule has 1 fully saturated rings. The summed E-state index contributed by atoms with van der Waals surface area (Å²) < 4.78 is 0. The molecule has 1 amide bonds. The fourth-order valence-corrected chi connectivity index (χ4v) is 3.40. The number of aryl methyl sites for hydroxylation is 1. The molecular weight excluding hydrogens is 344 g/mol. The van der Waals surface area contributed by atoms with Crippen molar-refractivity contribution in [1.29, 1.82) is 0 Å². The maximum atomic E-state index is 12.3. The Hall–Kier alpha value is -1.82. The fraction of sp³-hybridized carbons (Fsp3) is 0.222. The standard InChI is InChI=1S/C18H17ClN2O2S/c1-12-8-9-16(15(19)10-12)20-18-21(17(22)13(2)24-18)23-11-14-6-4-3-5-7-14/h3-10,13H,11H2,1-2H3. The molecule has 1 atom stereocenters. The van der Waals surface area contributed by atoms with E-state index in [9.17, 15) is 4.79 Å². The lowest BCUT2D eigenvalue weighted by molar-refractivity contribution is -0.163. The van der Waals surface area contributed by atoms with Gasteiger partial charge in [-0.3, -0.25) is 9.63 Å². The van der Waals surface area contributed by atoms with Crippen LogP contribution in [0.3, 0.4) is 0 Å². The van der Waals surface area contributed by atoms with Gasteiger partial charge in [0.25, 0.3) is 5.91 Å². The summed E-state index contributed by atoms with van der Waals surface area (Å²) in [5.41, 5.74) is 2.67. The van der Waals surface area contributed by atoms with E-state index in [1.807, 2.05) is 62.4 Å². The molecule has 2 aromatic carbocycles.